The number of nitrogens with one attached hydrogen (secondary N) is 2. The second-order valence-corrected chi connectivity index (χ2v) is 11.0. The lowest BCUT2D eigenvalue weighted by Gasteiger charge is -2.30. The van der Waals surface area contributed by atoms with E-state index in [9.17, 15) is 23.9 Å². The SMILES string of the molecule is Cc1ccccc1CNC(=O)[C@@H]1C(C)SCN1C(=O)[C@@H](O)C(Cc1ccccc1)NC(=O)c1ccc(F)cc1. The number of carbonyl (C=O) groups is 3. The first kappa shape index (κ1) is 28.3. The van der Waals surface area contributed by atoms with Crippen molar-refractivity contribution in [2.75, 3.05) is 5.88 Å². The third-order valence-electron chi connectivity index (χ3n) is 6.88. The molecular formula is C30H32FN3O4S. The third kappa shape index (κ3) is 7.04. The molecule has 3 amide bonds. The Kier molecular flexibility index (Phi) is 9.37. The maximum Gasteiger partial charge on any atom is 0.254 e. The second kappa shape index (κ2) is 12.9. The lowest BCUT2D eigenvalue weighted by molar-refractivity contribution is -0.146. The highest BCUT2D eigenvalue weighted by molar-refractivity contribution is 8.00. The summed E-state index contributed by atoms with van der Waals surface area (Å²) in [6, 6.07) is 20.2. The van der Waals surface area contributed by atoms with Crippen molar-refractivity contribution in [2.45, 2.75) is 50.3 Å². The number of amides is 3. The van der Waals surface area contributed by atoms with E-state index in [-0.39, 0.29) is 29.0 Å². The number of aryl methyl sites for hydroxylation is 1. The zero-order chi connectivity index (χ0) is 27.9. The van der Waals surface area contributed by atoms with Crippen molar-refractivity contribution in [2.24, 2.45) is 0 Å². The van der Waals surface area contributed by atoms with Crippen molar-refractivity contribution in [3.63, 3.8) is 0 Å². The first-order chi connectivity index (χ1) is 18.7. The molecule has 204 valence electrons. The van der Waals surface area contributed by atoms with Gasteiger partial charge in [-0.2, -0.15) is 0 Å². The molecule has 0 radical (unpaired) electrons. The molecule has 3 aromatic rings. The minimum absolute atomic E-state index is 0.181. The van der Waals surface area contributed by atoms with Gasteiger partial charge in [0.25, 0.3) is 11.8 Å². The maximum atomic E-state index is 13.6. The van der Waals surface area contributed by atoms with E-state index >= 15 is 0 Å². The third-order valence-corrected chi connectivity index (χ3v) is 8.09. The average Bonchev–Trinajstić information content (AvgIpc) is 3.33. The van der Waals surface area contributed by atoms with Crippen LogP contribution in [0.4, 0.5) is 4.39 Å². The molecular weight excluding hydrogens is 517 g/mol. The summed E-state index contributed by atoms with van der Waals surface area (Å²) < 4.78 is 13.4. The number of aliphatic hydroxyl groups excluding tert-OH is 1. The number of thioether (sulfide) groups is 1. The molecule has 1 aliphatic rings. The Bertz CT molecular complexity index is 1310. The fourth-order valence-electron chi connectivity index (χ4n) is 4.58. The summed E-state index contributed by atoms with van der Waals surface area (Å²) in [4.78, 5) is 41.2. The quantitative estimate of drug-likeness (QED) is 0.380. The van der Waals surface area contributed by atoms with E-state index in [1.165, 1.54) is 40.9 Å². The minimum Gasteiger partial charge on any atom is -0.381 e. The standard InChI is InChI=1S/C30H32FN3O4S/c1-19-8-6-7-11-23(19)17-32-29(37)26-20(2)39-18-34(26)30(38)27(35)25(16-21-9-4-3-5-10-21)33-28(36)22-12-14-24(31)15-13-22/h3-15,20,25-27,35H,16-18H2,1-2H3,(H,32,37)(H,33,36)/t20?,25?,26-,27-/m0/s1. The van der Waals surface area contributed by atoms with Gasteiger partial charge in [-0.15, -0.1) is 11.8 Å². The van der Waals surface area contributed by atoms with Crippen LogP contribution in [0, 0.1) is 12.7 Å². The summed E-state index contributed by atoms with van der Waals surface area (Å²) in [5.41, 5.74) is 3.04. The predicted molar refractivity (Wildman–Crippen MR) is 149 cm³/mol. The molecule has 3 aromatic carbocycles. The van der Waals surface area contributed by atoms with Gasteiger partial charge in [-0.25, -0.2) is 4.39 Å². The Hall–Kier alpha value is -3.69. The number of benzene rings is 3. The summed E-state index contributed by atoms with van der Waals surface area (Å²) >= 11 is 1.45. The zero-order valence-electron chi connectivity index (χ0n) is 21.8. The fraction of sp³-hybridized carbons (Fsp3) is 0.300. The molecule has 39 heavy (non-hydrogen) atoms. The molecule has 4 atom stereocenters. The van der Waals surface area contributed by atoms with Crippen molar-refractivity contribution in [1.29, 1.82) is 0 Å². The van der Waals surface area contributed by atoms with E-state index < -0.39 is 35.8 Å². The van der Waals surface area contributed by atoms with E-state index in [0.29, 0.717) is 6.54 Å². The summed E-state index contributed by atoms with van der Waals surface area (Å²) in [5, 5.41) is 16.8. The van der Waals surface area contributed by atoms with Crippen molar-refractivity contribution in [1.82, 2.24) is 15.5 Å². The Balaban J connectivity index is 1.50. The normalized spacial score (nSPS) is 18.3. The number of nitrogens with zero attached hydrogens (tertiary/aromatic N) is 1. The van der Waals surface area contributed by atoms with Crippen molar-refractivity contribution < 1.29 is 23.9 Å². The smallest absolute Gasteiger partial charge is 0.254 e. The molecule has 0 saturated carbocycles. The van der Waals surface area contributed by atoms with Crippen LogP contribution in [0.1, 0.15) is 34.0 Å². The molecule has 1 saturated heterocycles. The number of hydrogen-bond donors (Lipinski definition) is 3. The van der Waals surface area contributed by atoms with Crippen LogP contribution < -0.4 is 10.6 Å². The van der Waals surface area contributed by atoms with Gasteiger partial charge in [0.05, 0.1) is 11.9 Å². The van der Waals surface area contributed by atoms with Crippen LogP contribution in [0.3, 0.4) is 0 Å². The number of aliphatic hydroxyl groups is 1. The van der Waals surface area contributed by atoms with Gasteiger partial charge in [0, 0.05) is 17.4 Å². The molecule has 1 fully saturated rings. The van der Waals surface area contributed by atoms with Crippen LogP contribution in [0.15, 0.2) is 78.9 Å². The molecule has 0 spiro atoms. The summed E-state index contributed by atoms with van der Waals surface area (Å²) in [6.07, 6.45) is -1.42. The van der Waals surface area contributed by atoms with E-state index in [4.69, 9.17) is 0 Å². The topological polar surface area (TPSA) is 98.7 Å². The van der Waals surface area contributed by atoms with Crippen LogP contribution in [0.2, 0.25) is 0 Å². The first-order valence-electron chi connectivity index (χ1n) is 12.8. The van der Waals surface area contributed by atoms with Gasteiger partial charge >= 0.3 is 0 Å². The highest BCUT2D eigenvalue weighted by atomic mass is 32.2. The Morgan fingerprint density at radius 1 is 1.03 bits per heavy atom. The van der Waals surface area contributed by atoms with Gasteiger partial charge in [-0.3, -0.25) is 14.4 Å². The molecule has 0 aromatic heterocycles. The monoisotopic (exact) mass is 549 g/mol. The predicted octanol–water partition coefficient (Wildman–Crippen LogP) is 3.44. The molecule has 7 nitrogen and oxygen atoms in total. The summed E-state index contributed by atoms with van der Waals surface area (Å²) in [6.45, 7) is 4.17. The fourth-order valence-corrected chi connectivity index (χ4v) is 5.71. The zero-order valence-corrected chi connectivity index (χ0v) is 22.7. The number of hydrogen-bond acceptors (Lipinski definition) is 5. The number of carbonyl (C=O) groups excluding carboxylic acids is 3. The number of rotatable bonds is 9. The number of halogens is 1. The molecule has 0 aliphatic carbocycles. The van der Waals surface area contributed by atoms with Gasteiger partial charge in [-0.1, -0.05) is 61.5 Å². The lowest BCUT2D eigenvalue weighted by Crippen LogP contribution is -2.57. The lowest BCUT2D eigenvalue weighted by atomic mass is 9.99. The second-order valence-electron chi connectivity index (χ2n) is 9.62. The van der Waals surface area contributed by atoms with E-state index in [0.717, 1.165) is 16.7 Å². The van der Waals surface area contributed by atoms with Crippen LogP contribution in [-0.4, -0.2) is 57.0 Å². The summed E-state index contributed by atoms with van der Waals surface area (Å²) in [7, 11) is 0. The van der Waals surface area contributed by atoms with Crippen LogP contribution in [-0.2, 0) is 22.6 Å². The van der Waals surface area contributed by atoms with Gasteiger partial charge in [0.15, 0.2) is 6.10 Å². The van der Waals surface area contributed by atoms with E-state index in [2.05, 4.69) is 10.6 Å². The van der Waals surface area contributed by atoms with E-state index in [1.54, 1.807) is 0 Å². The maximum absolute atomic E-state index is 13.6. The van der Waals surface area contributed by atoms with Crippen LogP contribution >= 0.6 is 11.8 Å². The van der Waals surface area contributed by atoms with E-state index in [1.807, 2.05) is 68.4 Å². The van der Waals surface area contributed by atoms with Gasteiger partial charge in [-0.05, 0) is 54.3 Å². The molecule has 2 unspecified atom stereocenters. The van der Waals surface area contributed by atoms with Gasteiger partial charge in [0.2, 0.25) is 5.91 Å². The highest BCUT2D eigenvalue weighted by Crippen LogP contribution is 2.30. The van der Waals surface area contributed by atoms with Crippen molar-refractivity contribution >= 4 is 29.5 Å². The molecule has 3 N–H and O–H groups in total. The molecule has 4 rings (SSSR count). The van der Waals surface area contributed by atoms with Gasteiger partial charge < -0.3 is 20.6 Å². The van der Waals surface area contributed by atoms with Gasteiger partial charge in [0.1, 0.15) is 11.9 Å². The summed E-state index contributed by atoms with van der Waals surface area (Å²) in [5.74, 6) is -1.72. The van der Waals surface area contributed by atoms with Crippen molar-refractivity contribution in [3.05, 3.63) is 107 Å². The van der Waals surface area contributed by atoms with Crippen molar-refractivity contribution in [3.8, 4) is 0 Å². The average molecular weight is 550 g/mol. The minimum atomic E-state index is -1.60. The molecule has 1 heterocycles. The highest BCUT2D eigenvalue weighted by Gasteiger charge is 2.43. The Morgan fingerprint density at radius 3 is 2.38 bits per heavy atom. The van der Waals surface area contributed by atoms with Crippen LogP contribution in [0.25, 0.3) is 0 Å². The Morgan fingerprint density at radius 2 is 1.69 bits per heavy atom. The molecule has 9 heteroatoms. The van der Waals surface area contributed by atoms with Crippen LogP contribution in [0.5, 0.6) is 0 Å². The first-order valence-corrected chi connectivity index (χ1v) is 13.8. The Labute approximate surface area is 231 Å². The largest absolute Gasteiger partial charge is 0.381 e. The molecule has 1 aliphatic heterocycles. The molecule has 0 bridgehead atoms.